The highest BCUT2D eigenvalue weighted by Gasteiger charge is 2.46. The summed E-state index contributed by atoms with van der Waals surface area (Å²) in [6.07, 6.45) is 8.88. The summed E-state index contributed by atoms with van der Waals surface area (Å²) in [4.78, 5) is 4.19. The third-order valence-electron chi connectivity index (χ3n) is 5.60. The first-order valence-corrected chi connectivity index (χ1v) is 8.84. The van der Waals surface area contributed by atoms with E-state index in [1.54, 1.807) is 0 Å². The summed E-state index contributed by atoms with van der Waals surface area (Å²) in [7, 11) is 0. The van der Waals surface area contributed by atoms with Crippen LogP contribution in [0.1, 0.15) is 36.4 Å². The molecular formula is C22H21N3. The highest BCUT2D eigenvalue weighted by Crippen LogP contribution is 2.49. The highest BCUT2D eigenvalue weighted by molar-refractivity contribution is 5.47. The third-order valence-corrected chi connectivity index (χ3v) is 5.60. The van der Waals surface area contributed by atoms with E-state index in [0.717, 1.165) is 30.4 Å². The normalized spacial score (nSPS) is 20.3. The molecule has 0 saturated heterocycles. The minimum absolute atomic E-state index is 0.287. The van der Waals surface area contributed by atoms with Crippen molar-refractivity contribution >= 4 is 0 Å². The summed E-state index contributed by atoms with van der Waals surface area (Å²) in [5.74, 6) is 0.287. The summed E-state index contributed by atoms with van der Waals surface area (Å²) in [6.45, 7) is 0. The van der Waals surface area contributed by atoms with Crippen LogP contribution < -0.4 is 0 Å². The Labute approximate surface area is 148 Å². The van der Waals surface area contributed by atoms with Crippen LogP contribution in [0.3, 0.4) is 0 Å². The Bertz CT molecular complexity index is 808. The lowest BCUT2D eigenvalue weighted by Crippen LogP contribution is -2.34. The van der Waals surface area contributed by atoms with Crippen LogP contribution in [0.5, 0.6) is 0 Å². The van der Waals surface area contributed by atoms with Gasteiger partial charge in [0.05, 0.1) is 12.4 Å². The van der Waals surface area contributed by atoms with Crippen LogP contribution >= 0.6 is 0 Å². The van der Waals surface area contributed by atoms with Crippen molar-refractivity contribution in [2.24, 2.45) is 5.92 Å². The van der Waals surface area contributed by atoms with Crippen LogP contribution in [-0.4, -0.2) is 9.55 Å². The average Bonchev–Trinajstić information content (AvgIpc) is 3.37. The van der Waals surface area contributed by atoms with Crippen molar-refractivity contribution in [3.8, 4) is 6.07 Å². The number of benzene rings is 2. The van der Waals surface area contributed by atoms with E-state index in [9.17, 15) is 5.26 Å². The molecule has 4 rings (SSSR count). The lowest BCUT2D eigenvalue weighted by atomic mass is 9.66. The Morgan fingerprint density at radius 2 is 1.60 bits per heavy atom. The topological polar surface area (TPSA) is 41.6 Å². The molecule has 0 amide bonds. The molecule has 124 valence electrons. The van der Waals surface area contributed by atoms with Gasteiger partial charge in [0.1, 0.15) is 5.41 Å². The van der Waals surface area contributed by atoms with E-state index in [-0.39, 0.29) is 5.92 Å². The number of nitriles is 1. The minimum Gasteiger partial charge on any atom is -0.334 e. The molecule has 25 heavy (non-hydrogen) atoms. The molecule has 0 radical (unpaired) electrons. The molecule has 1 aromatic heterocycles. The zero-order valence-corrected chi connectivity index (χ0v) is 14.1. The standard InChI is InChI=1S/C22H21N3/c23-16-22(18-7-3-1-4-8-18,19-9-5-2-6-10-19)20-11-12-21(15-20)25-14-13-24-17-25/h1-10,13-14,17,20-21H,11-12,15H2/t20-,21-/m1/s1. The predicted molar refractivity (Wildman–Crippen MR) is 97.9 cm³/mol. The molecule has 1 heterocycles. The molecule has 3 aromatic rings. The number of hydrogen-bond donors (Lipinski definition) is 0. The fourth-order valence-corrected chi connectivity index (χ4v) is 4.37. The van der Waals surface area contributed by atoms with E-state index in [4.69, 9.17) is 0 Å². The van der Waals surface area contributed by atoms with Gasteiger partial charge in [-0.2, -0.15) is 5.26 Å². The van der Waals surface area contributed by atoms with E-state index < -0.39 is 5.41 Å². The van der Waals surface area contributed by atoms with Crippen LogP contribution in [0, 0.1) is 17.2 Å². The first kappa shape index (κ1) is 15.7. The predicted octanol–water partition coefficient (Wildman–Crippen LogP) is 4.73. The van der Waals surface area contributed by atoms with Crippen LogP contribution in [0.15, 0.2) is 79.4 Å². The second-order valence-electron chi connectivity index (χ2n) is 6.83. The minimum atomic E-state index is -0.599. The quantitative estimate of drug-likeness (QED) is 0.695. The second-order valence-corrected chi connectivity index (χ2v) is 6.83. The van der Waals surface area contributed by atoms with Crippen molar-refractivity contribution in [3.05, 3.63) is 90.5 Å². The van der Waals surface area contributed by atoms with Gasteiger partial charge in [0.25, 0.3) is 0 Å². The fraction of sp³-hybridized carbons (Fsp3) is 0.273. The Hall–Kier alpha value is -2.86. The van der Waals surface area contributed by atoms with Gasteiger partial charge in [-0.05, 0) is 36.3 Å². The van der Waals surface area contributed by atoms with Gasteiger partial charge in [0, 0.05) is 18.4 Å². The second kappa shape index (κ2) is 6.57. The van der Waals surface area contributed by atoms with Crippen LogP contribution in [0.4, 0.5) is 0 Å². The average molecular weight is 327 g/mol. The van der Waals surface area contributed by atoms with Crippen LogP contribution in [0.2, 0.25) is 0 Å². The lowest BCUT2D eigenvalue weighted by Gasteiger charge is -2.34. The molecule has 0 spiro atoms. The van der Waals surface area contributed by atoms with Crippen LogP contribution in [0.25, 0.3) is 0 Å². The van der Waals surface area contributed by atoms with Crippen molar-refractivity contribution in [2.45, 2.75) is 30.7 Å². The fourth-order valence-electron chi connectivity index (χ4n) is 4.37. The van der Waals surface area contributed by atoms with Crippen LogP contribution in [-0.2, 0) is 5.41 Å². The number of aromatic nitrogens is 2. The number of imidazole rings is 1. The van der Waals surface area contributed by atoms with Gasteiger partial charge in [0.15, 0.2) is 0 Å². The van der Waals surface area contributed by atoms with E-state index >= 15 is 0 Å². The summed E-state index contributed by atoms with van der Waals surface area (Å²) in [6, 6.07) is 23.7. The molecule has 0 N–H and O–H groups in total. The molecule has 1 aliphatic carbocycles. The van der Waals surface area contributed by atoms with Crippen molar-refractivity contribution in [2.75, 3.05) is 0 Å². The smallest absolute Gasteiger partial charge is 0.110 e. The summed E-state index contributed by atoms with van der Waals surface area (Å²) in [5.41, 5.74) is 1.60. The SMILES string of the molecule is N#CC(c1ccccc1)(c1ccccc1)[C@@H]1CC[C@@H](n2ccnc2)C1. The maximum absolute atomic E-state index is 10.4. The number of nitrogens with zero attached hydrogens (tertiary/aromatic N) is 3. The van der Waals surface area contributed by atoms with E-state index in [1.165, 1.54) is 0 Å². The van der Waals surface area contributed by atoms with Gasteiger partial charge < -0.3 is 4.57 Å². The molecule has 1 aliphatic rings. The summed E-state index contributed by atoms with van der Waals surface area (Å²) in [5, 5.41) is 10.4. The molecule has 2 atom stereocenters. The Morgan fingerprint density at radius 1 is 0.960 bits per heavy atom. The Balaban J connectivity index is 1.78. The molecule has 0 unspecified atom stereocenters. The molecule has 1 saturated carbocycles. The molecule has 1 fully saturated rings. The molecule has 3 heteroatoms. The Kier molecular flexibility index (Phi) is 4.11. The first-order chi connectivity index (χ1) is 12.3. The Morgan fingerprint density at radius 3 is 2.12 bits per heavy atom. The van der Waals surface area contributed by atoms with Gasteiger partial charge in [-0.25, -0.2) is 4.98 Å². The van der Waals surface area contributed by atoms with Gasteiger partial charge >= 0.3 is 0 Å². The van der Waals surface area contributed by atoms with E-state index in [0.29, 0.717) is 6.04 Å². The van der Waals surface area contributed by atoms with Crippen molar-refractivity contribution in [1.29, 1.82) is 5.26 Å². The van der Waals surface area contributed by atoms with Gasteiger partial charge in [-0.1, -0.05) is 60.7 Å². The monoisotopic (exact) mass is 327 g/mol. The molecule has 3 nitrogen and oxygen atoms in total. The van der Waals surface area contributed by atoms with Gasteiger partial charge in [-0.3, -0.25) is 0 Å². The zero-order chi connectivity index (χ0) is 17.1. The maximum Gasteiger partial charge on any atom is 0.110 e. The summed E-state index contributed by atoms with van der Waals surface area (Å²) >= 11 is 0. The van der Waals surface area contributed by atoms with Crippen molar-refractivity contribution < 1.29 is 0 Å². The number of rotatable bonds is 4. The highest BCUT2D eigenvalue weighted by atomic mass is 15.1. The zero-order valence-electron chi connectivity index (χ0n) is 14.1. The van der Waals surface area contributed by atoms with Gasteiger partial charge in [0.2, 0.25) is 0 Å². The molecular weight excluding hydrogens is 306 g/mol. The van der Waals surface area contributed by atoms with E-state index in [1.807, 2.05) is 55.1 Å². The first-order valence-electron chi connectivity index (χ1n) is 8.84. The third kappa shape index (κ3) is 2.64. The van der Waals surface area contributed by atoms with Crippen molar-refractivity contribution in [1.82, 2.24) is 9.55 Å². The van der Waals surface area contributed by atoms with Gasteiger partial charge in [-0.15, -0.1) is 0 Å². The lowest BCUT2D eigenvalue weighted by molar-refractivity contribution is 0.381. The summed E-state index contributed by atoms with van der Waals surface area (Å²) < 4.78 is 2.19. The largest absolute Gasteiger partial charge is 0.334 e. The number of hydrogen-bond acceptors (Lipinski definition) is 2. The molecule has 2 aromatic carbocycles. The molecule has 0 aliphatic heterocycles. The van der Waals surface area contributed by atoms with E-state index in [2.05, 4.69) is 39.9 Å². The maximum atomic E-state index is 10.4. The molecule has 0 bridgehead atoms. The van der Waals surface area contributed by atoms with Crippen molar-refractivity contribution in [3.63, 3.8) is 0 Å².